The van der Waals surface area contributed by atoms with Gasteiger partial charge in [-0.2, -0.15) is 4.31 Å². The van der Waals surface area contributed by atoms with E-state index in [1.54, 1.807) is 4.31 Å². The molecule has 0 aromatic carbocycles. The van der Waals surface area contributed by atoms with Crippen LogP contribution < -0.4 is 5.32 Å². The standard InChI is InChI=1S/C14H22N2O3S2/c1-3-15-6-13-14(10(2)9-20-13)21(17,18)16-7-11-4-5-12(8-16)19-11/h9,11-12,15H,3-8H2,1-2H3. The first-order valence-corrected chi connectivity index (χ1v) is 9.77. The van der Waals surface area contributed by atoms with Crippen molar-refractivity contribution >= 4 is 21.4 Å². The van der Waals surface area contributed by atoms with Crippen molar-refractivity contribution in [3.63, 3.8) is 0 Å². The molecule has 0 spiro atoms. The molecule has 21 heavy (non-hydrogen) atoms. The Balaban J connectivity index is 1.89. The number of thiophene rings is 1. The molecular weight excluding hydrogens is 308 g/mol. The van der Waals surface area contributed by atoms with Gasteiger partial charge in [0.05, 0.1) is 12.2 Å². The topological polar surface area (TPSA) is 58.6 Å². The molecular formula is C14H22N2O3S2. The number of sulfonamides is 1. The van der Waals surface area contributed by atoms with Gasteiger partial charge in [0, 0.05) is 24.5 Å². The van der Waals surface area contributed by atoms with E-state index >= 15 is 0 Å². The Kier molecular flexibility index (Phi) is 4.38. The predicted octanol–water partition coefficient (Wildman–Crippen LogP) is 1.72. The summed E-state index contributed by atoms with van der Waals surface area (Å²) in [6, 6.07) is 0. The van der Waals surface area contributed by atoms with E-state index in [9.17, 15) is 8.42 Å². The van der Waals surface area contributed by atoms with Gasteiger partial charge in [-0.05, 0) is 37.3 Å². The van der Waals surface area contributed by atoms with Crippen LogP contribution in [-0.4, -0.2) is 44.6 Å². The first kappa shape index (κ1) is 15.4. The number of ether oxygens (including phenoxy) is 1. The number of aryl methyl sites for hydroxylation is 1. The fourth-order valence-corrected chi connectivity index (χ4v) is 6.33. The minimum absolute atomic E-state index is 0.0784. The number of morpholine rings is 1. The lowest BCUT2D eigenvalue weighted by Gasteiger charge is -2.31. The predicted molar refractivity (Wildman–Crippen MR) is 83.1 cm³/mol. The largest absolute Gasteiger partial charge is 0.372 e. The fraction of sp³-hybridized carbons (Fsp3) is 0.714. The summed E-state index contributed by atoms with van der Waals surface area (Å²) in [6.07, 6.45) is 2.11. The highest BCUT2D eigenvalue weighted by atomic mass is 32.2. The summed E-state index contributed by atoms with van der Waals surface area (Å²) in [5, 5.41) is 5.17. The summed E-state index contributed by atoms with van der Waals surface area (Å²) in [5.74, 6) is 0. The van der Waals surface area contributed by atoms with E-state index in [1.165, 1.54) is 11.3 Å². The lowest BCUT2D eigenvalue weighted by molar-refractivity contribution is -0.0114. The summed E-state index contributed by atoms with van der Waals surface area (Å²) in [6.45, 7) is 6.34. The number of hydrogen-bond donors (Lipinski definition) is 1. The zero-order chi connectivity index (χ0) is 15.0. The normalized spacial score (nSPS) is 26.4. The number of rotatable bonds is 5. The first-order valence-electron chi connectivity index (χ1n) is 7.45. The molecule has 2 aliphatic rings. The molecule has 7 heteroatoms. The van der Waals surface area contributed by atoms with E-state index < -0.39 is 10.0 Å². The molecule has 0 radical (unpaired) electrons. The minimum Gasteiger partial charge on any atom is -0.372 e. The van der Waals surface area contributed by atoms with Gasteiger partial charge >= 0.3 is 0 Å². The van der Waals surface area contributed by atoms with Crippen LogP contribution in [0, 0.1) is 6.92 Å². The van der Waals surface area contributed by atoms with Gasteiger partial charge in [0.25, 0.3) is 0 Å². The van der Waals surface area contributed by atoms with Crippen LogP contribution >= 0.6 is 11.3 Å². The van der Waals surface area contributed by atoms with Crippen LogP contribution in [0.3, 0.4) is 0 Å². The Morgan fingerprint density at radius 3 is 2.67 bits per heavy atom. The lowest BCUT2D eigenvalue weighted by atomic mass is 10.2. The molecule has 3 heterocycles. The Hall–Kier alpha value is -0.470. The van der Waals surface area contributed by atoms with Crippen molar-refractivity contribution in [3.8, 4) is 0 Å². The number of hydrogen-bond acceptors (Lipinski definition) is 5. The monoisotopic (exact) mass is 330 g/mol. The van der Waals surface area contributed by atoms with E-state index in [0.29, 0.717) is 24.5 Å². The van der Waals surface area contributed by atoms with Crippen LogP contribution in [0.4, 0.5) is 0 Å². The van der Waals surface area contributed by atoms with Crippen molar-refractivity contribution in [1.29, 1.82) is 0 Å². The van der Waals surface area contributed by atoms with E-state index in [2.05, 4.69) is 5.32 Å². The van der Waals surface area contributed by atoms with E-state index in [0.717, 1.165) is 29.8 Å². The van der Waals surface area contributed by atoms with Gasteiger partial charge in [-0.1, -0.05) is 6.92 Å². The molecule has 0 amide bonds. The molecule has 2 saturated heterocycles. The third kappa shape index (κ3) is 2.90. The second kappa shape index (κ2) is 5.96. The maximum Gasteiger partial charge on any atom is 0.244 e. The summed E-state index contributed by atoms with van der Waals surface area (Å²) in [7, 11) is -3.41. The van der Waals surface area contributed by atoms with Crippen LogP contribution in [0.15, 0.2) is 10.3 Å². The molecule has 1 aromatic heterocycles. The van der Waals surface area contributed by atoms with Crippen molar-refractivity contribution < 1.29 is 13.2 Å². The third-order valence-electron chi connectivity index (χ3n) is 4.13. The molecule has 1 aromatic rings. The Morgan fingerprint density at radius 1 is 1.38 bits per heavy atom. The van der Waals surface area contributed by atoms with E-state index in [1.807, 2.05) is 19.2 Å². The maximum atomic E-state index is 13.0. The molecule has 2 atom stereocenters. The minimum atomic E-state index is -3.41. The number of nitrogens with zero attached hydrogens (tertiary/aromatic N) is 1. The molecule has 3 rings (SSSR count). The van der Waals surface area contributed by atoms with Crippen LogP contribution in [-0.2, 0) is 21.3 Å². The van der Waals surface area contributed by atoms with Gasteiger partial charge in [-0.25, -0.2) is 8.42 Å². The summed E-state index contributed by atoms with van der Waals surface area (Å²) in [4.78, 5) is 1.42. The van der Waals surface area contributed by atoms with Gasteiger partial charge in [-0.15, -0.1) is 11.3 Å². The Labute approximate surface area is 130 Å². The van der Waals surface area contributed by atoms with Gasteiger partial charge in [0.15, 0.2) is 0 Å². The van der Waals surface area contributed by atoms with Crippen molar-refractivity contribution in [2.75, 3.05) is 19.6 Å². The highest BCUT2D eigenvalue weighted by molar-refractivity contribution is 7.89. The van der Waals surface area contributed by atoms with Crippen molar-refractivity contribution in [2.24, 2.45) is 0 Å². The molecule has 118 valence electrons. The smallest absolute Gasteiger partial charge is 0.244 e. The first-order chi connectivity index (χ1) is 10.0. The van der Waals surface area contributed by atoms with Gasteiger partial charge in [0.1, 0.15) is 4.90 Å². The quantitative estimate of drug-likeness (QED) is 0.893. The third-order valence-corrected chi connectivity index (χ3v) is 7.43. The van der Waals surface area contributed by atoms with Crippen LogP contribution in [0.1, 0.15) is 30.2 Å². The zero-order valence-electron chi connectivity index (χ0n) is 12.5. The molecule has 2 aliphatic heterocycles. The zero-order valence-corrected chi connectivity index (χ0v) is 14.1. The summed E-state index contributed by atoms with van der Waals surface area (Å²) >= 11 is 1.52. The van der Waals surface area contributed by atoms with Crippen molar-refractivity contribution in [1.82, 2.24) is 9.62 Å². The highest BCUT2D eigenvalue weighted by Crippen LogP contribution is 2.34. The second-order valence-corrected chi connectivity index (χ2v) is 8.57. The van der Waals surface area contributed by atoms with Crippen LogP contribution in [0.2, 0.25) is 0 Å². The molecule has 5 nitrogen and oxygen atoms in total. The number of fused-ring (bicyclic) bond motifs is 2. The molecule has 2 fully saturated rings. The average molecular weight is 330 g/mol. The van der Waals surface area contributed by atoms with Crippen molar-refractivity contribution in [2.45, 2.75) is 50.3 Å². The van der Waals surface area contributed by atoms with Crippen LogP contribution in [0.5, 0.6) is 0 Å². The van der Waals surface area contributed by atoms with Gasteiger partial charge in [0.2, 0.25) is 10.0 Å². The fourth-order valence-electron chi connectivity index (χ4n) is 3.10. The van der Waals surface area contributed by atoms with E-state index in [4.69, 9.17) is 4.74 Å². The Bertz CT molecular complexity index is 600. The molecule has 2 unspecified atom stereocenters. The SMILES string of the molecule is CCNCc1scc(C)c1S(=O)(=O)N1CC2CCC(C1)O2. The van der Waals surface area contributed by atoms with Crippen LogP contribution in [0.25, 0.3) is 0 Å². The summed E-state index contributed by atoms with van der Waals surface area (Å²) in [5.41, 5.74) is 0.853. The summed E-state index contributed by atoms with van der Waals surface area (Å²) < 4.78 is 33.4. The molecule has 0 aliphatic carbocycles. The van der Waals surface area contributed by atoms with E-state index in [-0.39, 0.29) is 12.2 Å². The lowest BCUT2D eigenvalue weighted by Crippen LogP contribution is -2.46. The molecule has 1 N–H and O–H groups in total. The second-order valence-electron chi connectivity index (χ2n) is 5.73. The van der Waals surface area contributed by atoms with Crippen molar-refractivity contribution in [3.05, 3.63) is 15.8 Å². The highest BCUT2D eigenvalue weighted by Gasteiger charge is 2.40. The van der Waals surface area contributed by atoms with Gasteiger partial charge in [-0.3, -0.25) is 0 Å². The average Bonchev–Trinajstić information content (AvgIpc) is 2.99. The maximum absolute atomic E-state index is 13.0. The molecule has 2 bridgehead atoms. The van der Waals surface area contributed by atoms with Gasteiger partial charge < -0.3 is 10.1 Å². The number of nitrogens with one attached hydrogen (secondary N) is 1. The Morgan fingerprint density at radius 2 is 2.05 bits per heavy atom. The molecule has 0 saturated carbocycles.